The van der Waals surface area contributed by atoms with Gasteiger partial charge in [0, 0.05) is 54.2 Å². The zero-order chi connectivity index (χ0) is 39.4. The van der Waals surface area contributed by atoms with E-state index in [9.17, 15) is 14.7 Å². The second-order valence-corrected chi connectivity index (χ2v) is 15.9. The maximum atomic E-state index is 13.7. The number of aromatic hydroxyl groups is 1. The lowest BCUT2D eigenvalue weighted by molar-refractivity contribution is -0.167. The van der Waals surface area contributed by atoms with E-state index in [2.05, 4.69) is 34.4 Å². The number of pyridine rings is 2. The van der Waals surface area contributed by atoms with E-state index >= 15 is 0 Å². The van der Waals surface area contributed by atoms with Crippen molar-refractivity contribution in [2.45, 2.75) is 103 Å². The van der Waals surface area contributed by atoms with Crippen LogP contribution >= 0.6 is 0 Å². The fourth-order valence-electron chi connectivity index (χ4n) is 7.79. The Balaban J connectivity index is 0.948. The number of allylic oxidation sites excluding steroid dienone is 1. The number of carbonyl (C=O) groups excluding carboxylic acids is 1. The summed E-state index contributed by atoms with van der Waals surface area (Å²) >= 11 is 0. The van der Waals surface area contributed by atoms with Gasteiger partial charge in [-0.3, -0.25) is 9.79 Å². The van der Waals surface area contributed by atoms with Crippen molar-refractivity contribution in [3.63, 3.8) is 0 Å². The Morgan fingerprint density at radius 2 is 1.96 bits per heavy atom. The SMILES string of the molecule is CCCCCNc1cc(-c2cc(CC[C@@H]3O[C@]3(C)C(=O)O[C@H]3Cc4c(cc5oc(C)cc(=O)c5c4O)OC3(C)C)cc(N)n2)cc(CN2C=C3C=CN=C3C2)n1. The molecule has 3 atom stereocenters. The molecule has 0 saturated carbocycles. The number of phenolic OH excluding ortho intramolecular Hbond substituents is 1. The highest BCUT2D eigenvalue weighted by Gasteiger charge is 2.60. The smallest absolute Gasteiger partial charge is 0.341 e. The summed E-state index contributed by atoms with van der Waals surface area (Å²) in [5.74, 6) is 1.26. The lowest BCUT2D eigenvalue weighted by Gasteiger charge is -2.39. The Morgan fingerprint density at radius 3 is 2.77 bits per heavy atom. The summed E-state index contributed by atoms with van der Waals surface area (Å²) in [5.41, 5.74) is 10.3. The van der Waals surface area contributed by atoms with Crippen LogP contribution in [0.3, 0.4) is 0 Å². The molecule has 4 aromatic rings. The van der Waals surface area contributed by atoms with E-state index in [0.29, 0.717) is 42.3 Å². The second-order valence-electron chi connectivity index (χ2n) is 15.9. The number of nitrogens with two attached hydrogens (primary N) is 1. The van der Waals surface area contributed by atoms with Gasteiger partial charge in [0.1, 0.15) is 51.6 Å². The zero-order valence-electron chi connectivity index (χ0n) is 32.5. The highest BCUT2D eigenvalue weighted by Crippen LogP contribution is 2.45. The molecule has 4 aliphatic rings. The third-order valence-corrected chi connectivity index (χ3v) is 11.0. The minimum Gasteiger partial charge on any atom is -0.507 e. The van der Waals surface area contributed by atoms with Gasteiger partial charge in [-0.05, 0) is 82.9 Å². The third-order valence-electron chi connectivity index (χ3n) is 11.0. The highest BCUT2D eigenvalue weighted by molar-refractivity contribution is 6.07. The van der Waals surface area contributed by atoms with Crippen LogP contribution < -0.4 is 21.2 Å². The van der Waals surface area contributed by atoms with Crippen molar-refractivity contribution in [1.82, 2.24) is 14.9 Å². The Kier molecular flexibility index (Phi) is 9.60. The molecule has 1 fully saturated rings. The minimum atomic E-state index is -1.15. The Hall–Kier alpha value is -5.69. The number of aliphatic imine (C=N–C) groups is 1. The van der Waals surface area contributed by atoms with Gasteiger partial charge in [-0.1, -0.05) is 19.8 Å². The average Bonchev–Trinajstić information content (AvgIpc) is 3.38. The number of anilines is 2. The number of epoxide rings is 1. The van der Waals surface area contributed by atoms with Crippen LogP contribution in [0.15, 0.2) is 74.7 Å². The van der Waals surface area contributed by atoms with Crippen molar-refractivity contribution in [3.8, 4) is 22.8 Å². The van der Waals surface area contributed by atoms with Crippen molar-refractivity contribution in [1.29, 1.82) is 0 Å². The van der Waals surface area contributed by atoms with Crippen molar-refractivity contribution < 1.29 is 28.5 Å². The molecular weight excluding hydrogens is 713 g/mol. The summed E-state index contributed by atoms with van der Waals surface area (Å²) < 4.78 is 24.0. The van der Waals surface area contributed by atoms with Gasteiger partial charge in [0.15, 0.2) is 11.0 Å². The molecule has 0 radical (unpaired) electrons. The van der Waals surface area contributed by atoms with Crippen LogP contribution in [0.1, 0.15) is 76.0 Å². The van der Waals surface area contributed by atoms with Crippen LogP contribution in [-0.2, 0) is 33.7 Å². The van der Waals surface area contributed by atoms with Gasteiger partial charge >= 0.3 is 5.97 Å². The molecule has 13 heteroatoms. The Bertz CT molecular complexity index is 2380. The van der Waals surface area contributed by atoms with Gasteiger partial charge in [-0.2, -0.15) is 0 Å². The van der Waals surface area contributed by atoms with Gasteiger partial charge in [0.2, 0.25) is 0 Å². The van der Waals surface area contributed by atoms with Crippen molar-refractivity contribution in [2.75, 3.05) is 24.1 Å². The fourth-order valence-corrected chi connectivity index (χ4v) is 7.79. The maximum Gasteiger partial charge on any atom is 0.341 e. The van der Waals surface area contributed by atoms with E-state index in [4.69, 9.17) is 34.3 Å². The number of hydrogen-bond acceptors (Lipinski definition) is 13. The molecule has 0 unspecified atom stereocenters. The molecule has 8 rings (SSSR count). The number of nitrogens with one attached hydrogen (secondary N) is 1. The summed E-state index contributed by atoms with van der Waals surface area (Å²) in [5, 5.41) is 14.7. The van der Waals surface area contributed by atoms with Crippen molar-refractivity contribution in [2.24, 2.45) is 4.99 Å². The van der Waals surface area contributed by atoms with E-state index < -0.39 is 23.3 Å². The van der Waals surface area contributed by atoms with Gasteiger partial charge < -0.3 is 39.7 Å². The number of hydrogen-bond donors (Lipinski definition) is 3. The molecule has 4 aliphatic heterocycles. The molecule has 1 aromatic carbocycles. The summed E-state index contributed by atoms with van der Waals surface area (Å²) in [4.78, 5) is 42.7. The van der Waals surface area contributed by atoms with Crippen molar-refractivity contribution >= 4 is 34.3 Å². The molecule has 0 bridgehead atoms. The quantitative estimate of drug-likeness (QED) is 0.0764. The predicted molar refractivity (Wildman–Crippen MR) is 214 cm³/mol. The average molecular weight is 761 g/mol. The molecule has 56 heavy (non-hydrogen) atoms. The summed E-state index contributed by atoms with van der Waals surface area (Å²) in [7, 11) is 0. The number of esters is 1. The third kappa shape index (κ3) is 7.35. The molecule has 13 nitrogen and oxygen atoms in total. The lowest BCUT2D eigenvalue weighted by atomic mass is 9.89. The molecular formula is C43H48N6O7. The first-order valence-electron chi connectivity index (χ1n) is 19.4. The molecule has 0 spiro atoms. The molecule has 0 amide bonds. The van der Waals surface area contributed by atoms with Gasteiger partial charge in [0.25, 0.3) is 0 Å². The molecule has 0 aliphatic carbocycles. The Morgan fingerprint density at radius 1 is 1.12 bits per heavy atom. The van der Waals surface area contributed by atoms with E-state index in [0.717, 1.165) is 72.0 Å². The minimum absolute atomic E-state index is 0.0691. The first-order chi connectivity index (χ1) is 26.8. The number of benzene rings is 1. The summed E-state index contributed by atoms with van der Waals surface area (Å²) in [6.45, 7) is 11.4. The Labute approximate surface area is 325 Å². The normalized spacial score (nSPS) is 21.6. The zero-order valence-corrected chi connectivity index (χ0v) is 32.5. The molecule has 1 saturated heterocycles. The standard InChI is InChI=1S/C43H48N6O7/c1-6-7-8-12-46-38-18-27(17-28(47-38)22-49-21-26-11-13-45-31(26)23-49)30-15-25(16-37(44)48-30)9-10-35-43(5,56-35)41(52)54-36-19-29-33(55-42(36,3)4)20-34-39(40(29)51)32(50)14-24(2)53-34/h11,13-18,20-21,35-36,51H,6-10,12,19,22-23H2,1-5H3,(H2,44,48)(H,46,47)/t35-,36-,43-/m0/s1. The number of unbranched alkanes of at least 4 members (excludes halogenated alkanes) is 2. The van der Waals surface area contributed by atoms with Crippen LogP contribution in [0.5, 0.6) is 11.5 Å². The van der Waals surface area contributed by atoms with Crippen LogP contribution in [0.25, 0.3) is 22.2 Å². The van der Waals surface area contributed by atoms with Crippen LogP contribution in [-0.4, -0.2) is 68.2 Å². The number of rotatable bonds is 13. The number of ether oxygens (including phenoxy) is 3. The maximum absolute atomic E-state index is 13.7. The number of aryl methyl sites for hydroxylation is 2. The molecule has 3 aromatic heterocycles. The van der Waals surface area contributed by atoms with Crippen molar-refractivity contribution in [3.05, 3.63) is 93.3 Å². The fraction of sp³-hybridized carbons (Fsp3) is 0.419. The number of nitrogen functional groups attached to an aromatic ring is 1. The first-order valence-corrected chi connectivity index (χ1v) is 19.4. The number of aromatic nitrogens is 2. The monoisotopic (exact) mass is 760 g/mol. The number of carbonyl (C=O) groups is 1. The molecule has 4 N–H and O–H groups in total. The number of phenols is 1. The van der Waals surface area contributed by atoms with E-state index in [1.54, 1.807) is 19.9 Å². The van der Waals surface area contributed by atoms with Crippen LogP contribution in [0.4, 0.5) is 11.6 Å². The van der Waals surface area contributed by atoms with E-state index in [-0.39, 0.29) is 34.7 Å². The van der Waals surface area contributed by atoms with E-state index in [1.165, 1.54) is 6.07 Å². The number of fused-ring (bicyclic) bond motifs is 3. The largest absolute Gasteiger partial charge is 0.507 e. The van der Waals surface area contributed by atoms with Crippen LogP contribution in [0, 0.1) is 6.92 Å². The topological polar surface area (TPSA) is 178 Å². The van der Waals surface area contributed by atoms with Gasteiger partial charge in [-0.25, -0.2) is 14.8 Å². The molecule has 7 heterocycles. The first kappa shape index (κ1) is 37.2. The summed E-state index contributed by atoms with van der Waals surface area (Å²) in [6, 6.07) is 10.9. The van der Waals surface area contributed by atoms with Crippen LogP contribution in [0.2, 0.25) is 0 Å². The summed E-state index contributed by atoms with van der Waals surface area (Å²) in [6.07, 6.45) is 9.50. The number of nitrogens with zero attached hydrogens (tertiary/aromatic N) is 4. The lowest BCUT2D eigenvalue weighted by Crippen LogP contribution is -2.50. The van der Waals surface area contributed by atoms with Gasteiger partial charge in [-0.15, -0.1) is 0 Å². The van der Waals surface area contributed by atoms with Gasteiger partial charge in [0.05, 0.1) is 36.3 Å². The molecule has 292 valence electrons. The predicted octanol–water partition coefficient (Wildman–Crippen LogP) is 6.53. The second kappa shape index (κ2) is 14.4. The highest BCUT2D eigenvalue weighted by atomic mass is 16.7. The van der Waals surface area contributed by atoms with E-state index in [1.807, 2.05) is 44.3 Å².